The van der Waals surface area contributed by atoms with E-state index in [4.69, 9.17) is 4.74 Å². The average Bonchev–Trinajstić information content (AvgIpc) is 3.15. The molecule has 3 fully saturated rings. The maximum atomic E-state index is 12.9. The lowest BCUT2D eigenvalue weighted by molar-refractivity contribution is -0.155. The molecule has 0 aromatic heterocycles. The number of imide groups is 1. The summed E-state index contributed by atoms with van der Waals surface area (Å²) in [7, 11) is 1.74. The van der Waals surface area contributed by atoms with Crippen LogP contribution in [0.3, 0.4) is 0 Å². The zero-order chi connectivity index (χ0) is 21.1. The van der Waals surface area contributed by atoms with Crippen LogP contribution in [0.4, 0.5) is 0 Å². The lowest BCUT2D eigenvalue weighted by Crippen LogP contribution is -2.56. The second-order valence-electron chi connectivity index (χ2n) is 9.49. The third-order valence-electron chi connectivity index (χ3n) is 7.68. The Labute approximate surface area is 180 Å². The lowest BCUT2D eigenvalue weighted by atomic mass is 9.72. The standard InChI is InChI=1S/C25H36N2O3/c1-3-4-15-27-23(28)16-25(17-24(27)29)13-7-12-22(25)26-14-8-9-19(18-26)20-10-5-6-11-21(20)30-2/h5-6,10-11,19,22H,3-4,7-9,12-18H2,1-2H3. The second kappa shape index (κ2) is 9.09. The van der Waals surface area contributed by atoms with Gasteiger partial charge in [0.05, 0.1) is 7.11 Å². The van der Waals surface area contributed by atoms with Gasteiger partial charge in [-0.3, -0.25) is 19.4 Å². The Morgan fingerprint density at radius 3 is 2.60 bits per heavy atom. The molecule has 2 aliphatic heterocycles. The van der Waals surface area contributed by atoms with Crippen LogP contribution in [0.5, 0.6) is 5.75 Å². The van der Waals surface area contributed by atoms with Gasteiger partial charge in [0.15, 0.2) is 0 Å². The van der Waals surface area contributed by atoms with Crippen LogP contribution in [-0.2, 0) is 9.59 Å². The molecule has 2 atom stereocenters. The molecule has 0 bridgehead atoms. The molecule has 1 aromatic rings. The van der Waals surface area contributed by atoms with Crippen molar-refractivity contribution in [3.05, 3.63) is 29.8 Å². The normalized spacial score (nSPS) is 27.1. The van der Waals surface area contributed by atoms with Crippen LogP contribution in [0, 0.1) is 5.41 Å². The zero-order valence-corrected chi connectivity index (χ0v) is 18.6. The molecule has 164 valence electrons. The third kappa shape index (κ3) is 4.01. The van der Waals surface area contributed by atoms with E-state index < -0.39 is 0 Å². The van der Waals surface area contributed by atoms with Gasteiger partial charge < -0.3 is 4.74 Å². The summed E-state index contributed by atoms with van der Waals surface area (Å²) >= 11 is 0. The molecule has 1 aliphatic carbocycles. The van der Waals surface area contributed by atoms with Gasteiger partial charge in [0.2, 0.25) is 11.8 Å². The number of carbonyl (C=O) groups excluding carboxylic acids is 2. The Bertz CT molecular complexity index is 759. The molecule has 1 aromatic carbocycles. The summed E-state index contributed by atoms with van der Waals surface area (Å²) in [6.45, 7) is 4.76. The summed E-state index contributed by atoms with van der Waals surface area (Å²) in [5.41, 5.74) is 1.14. The largest absolute Gasteiger partial charge is 0.496 e. The topological polar surface area (TPSA) is 49.9 Å². The van der Waals surface area contributed by atoms with E-state index in [0.717, 1.165) is 57.4 Å². The number of methoxy groups -OCH3 is 1. The van der Waals surface area contributed by atoms with E-state index in [-0.39, 0.29) is 17.2 Å². The number of carbonyl (C=O) groups is 2. The highest BCUT2D eigenvalue weighted by Crippen LogP contribution is 2.50. The first-order chi connectivity index (χ1) is 14.6. The maximum absolute atomic E-state index is 12.9. The smallest absolute Gasteiger partial charge is 0.229 e. The zero-order valence-electron chi connectivity index (χ0n) is 18.6. The van der Waals surface area contributed by atoms with Crippen molar-refractivity contribution in [3.63, 3.8) is 0 Å². The molecular formula is C25H36N2O3. The fourth-order valence-electron chi connectivity index (χ4n) is 6.21. The fraction of sp³-hybridized carbons (Fsp3) is 0.680. The van der Waals surface area contributed by atoms with Gasteiger partial charge in [0.1, 0.15) is 5.75 Å². The second-order valence-corrected chi connectivity index (χ2v) is 9.49. The van der Waals surface area contributed by atoms with Crippen molar-refractivity contribution in [1.29, 1.82) is 0 Å². The van der Waals surface area contributed by atoms with Gasteiger partial charge in [0, 0.05) is 43.3 Å². The first-order valence-corrected chi connectivity index (χ1v) is 11.8. The van der Waals surface area contributed by atoms with Crippen LogP contribution in [0.2, 0.25) is 0 Å². The number of likely N-dealkylation sites (tertiary alicyclic amines) is 2. The molecule has 4 rings (SSSR count). The average molecular weight is 413 g/mol. The predicted octanol–water partition coefficient (Wildman–Crippen LogP) is 4.36. The van der Waals surface area contributed by atoms with Gasteiger partial charge in [-0.2, -0.15) is 0 Å². The molecule has 5 nitrogen and oxygen atoms in total. The molecule has 2 unspecified atom stereocenters. The van der Waals surface area contributed by atoms with Gasteiger partial charge >= 0.3 is 0 Å². The molecule has 1 saturated carbocycles. The maximum Gasteiger partial charge on any atom is 0.229 e. The van der Waals surface area contributed by atoms with Crippen LogP contribution in [0.1, 0.15) is 76.2 Å². The molecule has 1 spiro atoms. The highest BCUT2D eigenvalue weighted by atomic mass is 16.5. The van der Waals surface area contributed by atoms with E-state index in [1.807, 2.05) is 6.07 Å². The molecule has 0 radical (unpaired) electrons. The van der Waals surface area contributed by atoms with Gasteiger partial charge in [-0.05, 0) is 50.3 Å². The number of nitrogens with zero attached hydrogens (tertiary/aromatic N) is 2. The molecule has 5 heteroatoms. The summed E-state index contributed by atoms with van der Waals surface area (Å²) in [5.74, 6) is 1.54. The van der Waals surface area contributed by atoms with Gasteiger partial charge in [-0.15, -0.1) is 0 Å². The molecular weight excluding hydrogens is 376 g/mol. The molecule has 2 amide bonds. The van der Waals surface area contributed by atoms with E-state index in [0.29, 0.717) is 31.3 Å². The number of amides is 2. The molecule has 2 saturated heterocycles. The highest BCUT2D eigenvalue weighted by molar-refractivity contribution is 5.98. The Morgan fingerprint density at radius 2 is 1.87 bits per heavy atom. The minimum absolute atomic E-state index is 0.0601. The van der Waals surface area contributed by atoms with E-state index in [2.05, 4.69) is 30.0 Å². The van der Waals surface area contributed by atoms with Gasteiger partial charge in [-0.1, -0.05) is 38.0 Å². The number of hydrogen-bond donors (Lipinski definition) is 0. The molecule has 30 heavy (non-hydrogen) atoms. The number of unbranched alkanes of at least 4 members (excludes halogenated alkanes) is 1. The van der Waals surface area contributed by atoms with Crippen molar-refractivity contribution in [2.45, 2.75) is 76.7 Å². The van der Waals surface area contributed by atoms with Crippen molar-refractivity contribution >= 4 is 11.8 Å². The quantitative estimate of drug-likeness (QED) is 0.652. The number of piperidine rings is 2. The molecule has 0 N–H and O–H groups in total. The van der Waals surface area contributed by atoms with Crippen LogP contribution in [-0.4, -0.2) is 54.4 Å². The summed E-state index contributed by atoms with van der Waals surface area (Å²) < 4.78 is 5.63. The third-order valence-corrected chi connectivity index (χ3v) is 7.68. The number of ether oxygens (including phenoxy) is 1. The Morgan fingerprint density at radius 1 is 1.10 bits per heavy atom. The van der Waals surface area contributed by atoms with E-state index in [9.17, 15) is 9.59 Å². The van der Waals surface area contributed by atoms with Crippen LogP contribution in [0.15, 0.2) is 24.3 Å². The summed E-state index contributed by atoms with van der Waals surface area (Å²) in [6, 6.07) is 8.71. The van der Waals surface area contributed by atoms with Crippen molar-refractivity contribution < 1.29 is 14.3 Å². The van der Waals surface area contributed by atoms with Crippen molar-refractivity contribution in [2.24, 2.45) is 5.41 Å². The van der Waals surface area contributed by atoms with Crippen LogP contribution >= 0.6 is 0 Å². The monoisotopic (exact) mass is 412 g/mol. The number of para-hydroxylation sites is 1. The lowest BCUT2D eigenvalue weighted by Gasteiger charge is -2.47. The number of hydrogen-bond acceptors (Lipinski definition) is 4. The summed E-state index contributed by atoms with van der Waals surface area (Å²) in [4.78, 5) is 30.0. The Kier molecular flexibility index (Phi) is 6.47. The van der Waals surface area contributed by atoms with Crippen LogP contribution in [0.25, 0.3) is 0 Å². The Hall–Kier alpha value is -1.88. The SMILES string of the molecule is CCCCN1C(=O)CC2(CCCC2N2CCCC(c3ccccc3OC)C2)CC1=O. The molecule has 2 heterocycles. The molecule has 3 aliphatic rings. The van der Waals surface area contributed by atoms with Gasteiger partial charge in [-0.25, -0.2) is 0 Å². The fourth-order valence-corrected chi connectivity index (χ4v) is 6.21. The first-order valence-electron chi connectivity index (χ1n) is 11.8. The van der Waals surface area contributed by atoms with E-state index in [1.165, 1.54) is 16.9 Å². The van der Waals surface area contributed by atoms with Crippen molar-refractivity contribution in [2.75, 3.05) is 26.7 Å². The van der Waals surface area contributed by atoms with E-state index in [1.54, 1.807) is 7.11 Å². The summed E-state index contributed by atoms with van der Waals surface area (Å²) in [6.07, 6.45) is 8.55. The predicted molar refractivity (Wildman–Crippen MR) is 117 cm³/mol. The summed E-state index contributed by atoms with van der Waals surface area (Å²) in [5, 5.41) is 0. The Balaban J connectivity index is 1.51. The van der Waals surface area contributed by atoms with Gasteiger partial charge in [0.25, 0.3) is 0 Å². The van der Waals surface area contributed by atoms with E-state index >= 15 is 0 Å². The minimum Gasteiger partial charge on any atom is -0.496 e. The first kappa shape index (κ1) is 21.4. The van der Waals surface area contributed by atoms with Crippen LogP contribution < -0.4 is 4.74 Å². The van der Waals surface area contributed by atoms with Crippen molar-refractivity contribution in [1.82, 2.24) is 9.80 Å². The highest BCUT2D eigenvalue weighted by Gasteiger charge is 2.52. The number of rotatable bonds is 6. The van der Waals surface area contributed by atoms with Crippen molar-refractivity contribution in [3.8, 4) is 5.75 Å². The number of benzene rings is 1. The minimum atomic E-state index is -0.153.